The van der Waals surface area contributed by atoms with E-state index in [1.807, 2.05) is 0 Å². The van der Waals surface area contributed by atoms with Crippen LogP contribution in [0.25, 0.3) is 0 Å². The van der Waals surface area contributed by atoms with Crippen molar-refractivity contribution < 1.29 is 0 Å². The Bertz CT molecular complexity index is 245. The van der Waals surface area contributed by atoms with Crippen LogP contribution < -0.4 is 0 Å². The highest BCUT2D eigenvalue weighted by molar-refractivity contribution is 5.22. The lowest BCUT2D eigenvalue weighted by atomic mass is 10.0. The van der Waals surface area contributed by atoms with Crippen LogP contribution in [-0.4, -0.2) is 0 Å². The SMILES string of the molecule is [CH2]CCc1ccc(CCCCCC)cc1. The van der Waals surface area contributed by atoms with Gasteiger partial charge in [0, 0.05) is 0 Å². The summed E-state index contributed by atoms with van der Waals surface area (Å²) in [4.78, 5) is 0. The minimum absolute atomic E-state index is 0.996. The number of aryl methyl sites for hydroxylation is 2. The first-order valence-corrected chi connectivity index (χ1v) is 6.24. The van der Waals surface area contributed by atoms with Gasteiger partial charge in [-0.05, 0) is 36.8 Å². The summed E-state index contributed by atoms with van der Waals surface area (Å²) >= 11 is 0. The Morgan fingerprint density at radius 1 is 0.867 bits per heavy atom. The van der Waals surface area contributed by atoms with Crippen molar-refractivity contribution in [1.82, 2.24) is 0 Å². The molecule has 0 saturated carbocycles. The Labute approximate surface area is 94.7 Å². The summed E-state index contributed by atoms with van der Waals surface area (Å²) in [6.07, 6.45) is 8.75. The highest BCUT2D eigenvalue weighted by Crippen LogP contribution is 2.10. The maximum Gasteiger partial charge on any atom is -0.0279 e. The van der Waals surface area contributed by atoms with E-state index in [4.69, 9.17) is 0 Å². The molecular weight excluding hydrogens is 180 g/mol. The van der Waals surface area contributed by atoms with Gasteiger partial charge in [-0.1, -0.05) is 57.4 Å². The number of hydrogen-bond donors (Lipinski definition) is 0. The number of rotatable bonds is 7. The average molecular weight is 203 g/mol. The second kappa shape index (κ2) is 7.50. The highest BCUT2D eigenvalue weighted by Gasteiger charge is 1.94. The third kappa shape index (κ3) is 5.01. The highest BCUT2D eigenvalue weighted by atomic mass is 14.0. The van der Waals surface area contributed by atoms with E-state index in [1.165, 1.54) is 43.2 Å². The molecule has 83 valence electrons. The van der Waals surface area contributed by atoms with Gasteiger partial charge in [0.05, 0.1) is 0 Å². The Morgan fingerprint density at radius 3 is 2.00 bits per heavy atom. The third-order valence-electron chi connectivity index (χ3n) is 2.81. The fourth-order valence-corrected chi connectivity index (χ4v) is 1.83. The van der Waals surface area contributed by atoms with E-state index in [0.717, 1.165) is 12.8 Å². The average Bonchev–Trinajstić information content (AvgIpc) is 2.27. The van der Waals surface area contributed by atoms with E-state index in [1.54, 1.807) is 0 Å². The molecule has 15 heavy (non-hydrogen) atoms. The van der Waals surface area contributed by atoms with Crippen LogP contribution in [0.15, 0.2) is 24.3 Å². The van der Waals surface area contributed by atoms with Gasteiger partial charge >= 0.3 is 0 Å². The number of unbranched alkanes of at least 4 members (excludes halogenated alkanes) is 3. The zero-order valence-corrected chi connectivity index (χ0v) is 9.97. The van der Waals surface area contributed by atoms with Crippen LogP contribution in [0.4, 0.5) is 0 Å². The summed E-state index contributed by atoms with van der Waals surface area (Å²) in [5, 5.41) is 0. The molecule has 1 aromatic carbocycles. The first kappa shape index (κ1) is 12.3. The van der Waals surface area contributed by atoms with Crippen LogP contribution in [0, 0.1) is 6.92 Å². The molecule has 1 aromatic rings. The quantitative estimate of drug-likeness (QED) is 0.569. The van der Waals surface area contributed by atoms with Gasteiger partial charge in [0.25, 0.3) is 0 Å². The van der Waals surface area contributed by atoms with E-state index in [-0.39, 0.29) is 0 Å². The fraction of sp³-hybridized carbons (Fsp3) is 0.533. The molecule has 0 fully saturated rings. The summed E-state index contributed by atoms with van der Waals surface area (Å²) < 4.78 is 0. The largest absolute Gasteiger partial charge is 0.0654 e. The van der Waals surface area contributed by atoms with Crippen LogP contribution in [0.5, 0.6) is 0 Å². The minimum Gasteiger partial charge on any atom is -0.0654 e. The van der Waals surface area contributed by atoms with Gasteiger partial charge < -0.3 is 0 Å². The van der Waals surface area contributed by atoms with Gasteiger partial charge in [0.2, 0.25) is 0 Å². The van der Waals surface area contributed by atoms with Crippen LogP contribution in [0.1, 0.15) is 50.2 Å². The normalized spacial score (nSPS) is 10.5. The molecule has 1 radical (unpaired) electrons. The van der Waals surface area contributed by atoms with Crippen molar-refractivity contribution in [1.29, 1.82) is 0 Å². The molecule has 0 spiro atoms. The summed E-state index contributed by atoms with van der Waals surface area (Å²) in [5.74, 6) is 0. The summed E-state index contributed by atoms with van der Waals surface area (Å²) in [6, 6.07) is 9.05. The molecule has 1 rings (SSSR count). The lowest BCUT2D eigenvalue weighted by molar-refractivity contribution is 0.667. The first-order valence-electron chi connectivity index (χ1n) is 6.24. The predicted molar refractivity (Wildman–Crippen MR) is 68.0 cm³/mol. The molecule has 0 nitrogen and oxygen atoms in total. The van der Waals surface area contributed by atoms with Gasteiger partial charge in [-0.15, -0.1) is 0 Å². The molecule has 0 bridgehead atoms. The predicted octanol–water partition coefficient (Wildman–Crippen LogP) is 4.58. The zero-order chi connectivity index (χ0) is 10.9. The summed E-state index contributed by atoms with van der Waals surface area (Å²) in [6.45, 7) is 6.13. The van der Waals surface area contributed by atoms with Crippen molar-refractivity contribution in [3.8, 4) is 0 Å². The van der Waals surface area contributed by atoms with Crippen LogP contribution >= 0.6 is 0 Å². The summed E-state index contributed by atoms with van der Waals surface area (Å²) in [7, 11) is 0. The second-order valence-electron chi connectivity index (χ2n) is 4.23. The van der Waals surface area contributed by atoms with Crippen LogP contribution in [0.2, 0.25) is 0 Å². The Morgan fingerprint density at radius 2 is 1.47 bits per heavy atom. The van der Waals surface area contributed by atoms with E-state index in [0.29, 0.717) is 0 Å². The Balaban J connectivity index is 2.29. The van der Waals surface area contributed by atoms with Crippen molar-refractivity contribution in [2.24, 2.45) is 0 Å². The Kier molecular flexibility index (Phi) is 6.15. The van der Waals surface area contributed by atoms with Gasteiger partial charge in [-0.3, -0.25) is 0 Å². The van der Waals surface area contributed by atoms with Crippen molar-refractivity contribution in [3.05, 3.63) is 42.3 Å². The molecule has 0 amide bonds. The van der Waals surface area contributed by atoms with Gasteiger partial charge in [-0.25, -0.2) is 0 Å². The Hall–Kier alpha value is -0.780. The number of benzene rings is 1. The molecule has 0 heteroatoms. The van der Waals surface area contributed by atoms with Gasteiger partial charge in [-0.2, -0.15) is 0 Å². The molecule has 0 aliphatic heterocycles. The second-order valence-corrected chi connectivity index (χ2v) is 4.23. The summed E-state index contributed by atoms with van der Waals surface area (Å²) in [5.41, 5.74) is 2.90. The topological polar surface area (TPSA) is 0 Å². The van der Waals surface area contributed by atoms with Crippen molar-refractivity contribution >= 4 is 0 Å². The molecule has 0 aromatic heterocycles. The zero-order valence-electron chi connectivity index (χ0n) is 9.97. The lowest BCUT2D eigenvalue weighted by Crippen LogP contribution is -1.88. The van der Waals surface area contributed by atoms with Crippen molar-refractivity contribution in [3.63, 3.8) is 0 Å². The molecule has 0 saturated heterocycles. The molecule has 0 aliphatic rings. The third-order valence-corrected chi connectivity index (χ3v) is 2.81. The molecule has 0 N–H and O–H groups in total. The molecule has 0 unspecified atom stereocenters. The smallest absolute Gasteiger partial charge is 0.0279 e. The molecule has 0 atom stereocenters. The van der Waals surface area contributed by atoms with E-state index in [9.17, 15) is 0 Å². The molecule has 0 heterocycles. The molecule has 0 aliphatic carbocycles. The fourth-order valence-electron chi connectivity index (χ4n) is 1.83. The first-order chi connectivity index (χ1) is 7.36. The van der Waals surface area contributed by atoms with Crippen LogP contribution in [0.3, 0.4) is 0 Å². The maximum atomic E-state index is 3.87. The minimum atomic E-state index is 0.996. The maximum absolute atomic E-state index is 3.87. The number of hydrogen-bond acceptors (Lipinski definition) is 0. The standard InChI is InChI=1S/C15H23/c1-3-5-6-7-9-15-12-10-14(8-4-2)11-13-15/h10-13H,2-9H2,1H3. The van der Waals surface area contributed by atoms with Crippen molar-refractivity contribution in [2.45, 2.75) is 51.9 Å². The monoisotopic (exact) mass is 203 g/mol. The van der Waals surface area contributed by atoms with Gasteiger partial charge in [0.1, 0.15) is 0 Å². The van der Waals surface area contributed by atoms with E-state index < -0.39 is 0 Å². The lowest BCUT2D eigenvalue weighted by Gasteiger charge is -2.03. The van der Waals surface area contributed by atoms with Crippen molar-refractivity contribution in [2.75, 3.05) is 0 Å². The molecular formula is C15H23. The van der Waals surface area contributed by atoms with E-state index >= 15 is 0 Å². The van der Waals surface area contributed by atoms with E-state index in [2.05, 4.69) is 38.1 Å². The van der Waals surface area contributed by atoms with Gasteiger partial charge in [0.15, 0.2) is 0 Å². The van der Waals surface area contributed by atoms with Crippen LogP contribution in [-0.2, 0) is 12.8 Å².